The zero-order valence-corrected chi connectivity index (χ0v) is 11.3. The van der Waals surface area contributed by atoms with Gasteiger partial charge in [-0.3, -0.25) is 0 Å². The van der Waals surface area contributed by atoms with Crippen LogP contribution < -0.4 is 10.1 Å². The average Bonchev–Trinajstić information content (AvgIpc) is 2.47. The maximum atomic E-state index is 12.4. The normalized spacial score (nSPS) is 10.6. The fourth-order valence-electron chi connectivity index (χ4n) is 1.82. The highest BCUT2D eigenvalue weighted by Gasteiger charge is 2.05. The van der Waals surface area contributed by atoms with Gasteiger partial charge in [-0.25, -0.2) is 8.78 Å². The van der Waals surface area contributed by atoms with Crippen LogP contribution in [-0.4, -0.2) is 6.61 Å². The van der Waals surface area contributed by atoms with Crippen molar-refractivity contribution in [2.45, 2.75) is 19.9 Å². The smallest absolute Gasteiger partial charge is 0.263 e. The van der Waals surface area contributed by atoms with Gasteiger partial charge in [-0.2, -0.15) is 0 Å². The molecule has 0 spiro atoms. The summed E-state index contributed by atoms with van der Waals surface area (Å²) in [7, 11) is 0. The topological polar surface area (TPSA) is 21.3 Å². The highest BCUT2D eigenvalue weighted by molar-refractivity contribution is 5.46. The first-order valence-electron chi connectivity index (χ1n) is 6.52. The first-order valence-corrected chi connectivity index (χ1v) is 6.52. The summed E-state index contributed by atoms with van der Waals surface area (Å²) in [6, 6.07) is 14.0. The maximum Gasteiger partial charge on any atom is 0.263 e. The van der Waals surface area contributed by atoms with Gasteiger partial charge in [0.25, 0.3) is 6.43 Å². The van der Waals surface area contributed by atoms with E-state index in [0.29, 0.717) is 13.2 Å². The Hall–Kier alpha value is -2.10. The van der Waals surface area contributed by atoms with Crippen LogP contribution in [-0.2, 0) is 6.54 Å². The number of benzene rings is 2. The van der Waals surface area contributed by atoms with Crippen LogP contribution in [0.4, 0.5) is 14.5 Å². The number of anilines is 1. The molecule has 0 atom stereocenters. The van der Waals surface area contributed by atoms with E-state index in [1.165, 1.54) is 12.1 Å². The number of ether oxygens (including phenoxy) is 1. The second-order valence-corrected chi connectivity index (χ2v) is 4.35. The summed E-state index contributed by atoms with van der Waals surface area (Å²) in [5.41, 5.74) is 1.98. The molecule has 4 heteroatoms. The number of alkyl halides is 2. The highest BCUT2D eigenvalue weighted by atomic mass is 19.3. The largest absolute Gasteiger partial charge is 0.494 e. The van der Waals surface area contributed by atoms with Crippen LogP contribution in [0, 0.1) is 0 Å². The van der Waals surface area contributed by atoms with Crippen LogP contribution in [0.5, 0.6) is 5.75 Å². The van der Waals surface area contributed by atoms with E-state index in [9.17, 15) is 8.78 Å². The molecule has 0 aliphatic carbocycles. The standard InChI is InChI=1S/C16H17F2NO/c1-2-20-15-9-7-14(8-10-15)19-11-12-3-5-13(6-4-12)16(17)18/h3-10,16,19H,2,11H2,1H3. The monoisotopic (exact) mass is 277 g/mol. The van der Waals surface area contributed by atoms with Gasteiger partial charge in [-0.1, -0.05) is 24.3 Å². The molecule has 0 aromatic heterocycles. The van der Waals surface area contributed by atoms with Gasteiger partial charge in [0.2, 0.25) is 0 Å². The Morgan fingerprint density at radius 1 is 1.00 bits per heavy atom. The van der Waals surface area contributed by atoms with E-state index in [2.05, 4.69) is 5.32 Å². The molecule has 2 rings (SSSR count). The minimum absolute atomic E-state index is 0.0508. The molecule has 20 heavy (non-hydrogen) atoms. The Kier molecular flexibility index (Phi) is 4.93. The van der Waals surface area contributed by atoms with Gasteiger partial charge in [0.1, 0.15) is 5.75 Å². The molecule has 0 fully saturated rings. The van der Waals surface area contributed by atoms with Crippen LogP contribution in [0.25, 0.3) is 0 Å². The second-order valence-electron chi connectivity index (χ2n) is 4.35. The van der Waals surface area contributed by atoms with Gasteiger partial charge in [0.15, 0.2) is 0 Å². The van der Waals surface area contributed by atoms with Crippen molar-refractivity contribution in [1.82, 2.24) is 0 Å². The van der Waals surface area contributed by atoms with E-state index in [0.717, 1.165) is 17.0 Å². The predicted octanol–water partition coefficient (Wildman–Crippen LogP) is 4.64. The van der Waals surface area contributed by atoms with Crippen LogP contribution in [0.15, 0.2) is 48.5 Å². The summed E-state index contributed by atoms with van der Waals surface area (Å²) >= 11 is 0. The SMILES string of the molecule is CCOc1ccc(NCc2ccc(C(F)F)cc2)cc1. The number of hydrogen-bond acceptors (Lipinski definition) is 2. The third-order valence-electron chi connectivity index (χ3n) is 2.89. The minimum atomic E-state index is -2.41. The summed E-state index contributed by atoms with van der Waals surface area (Å²) in [5.74, 6) is 0.833. The third-order valence-corrected chi connectivity index (χ3v) is 2.89. The molecule has 0 amide bonds. The number of halogens is 2. The lowest BCUT2D eigenvalue weighted by Gasteiger charge is -2.08. The molecule has 0 saturated carbocycles. The minimum Gasteiger partial charge on any atom is -0.494 e. The van der Waals surface area contributed by atoms with E-state index in [-0.39, 0.29) is 5.56 Å². The van der Waals surface area contributed by atoms with Gasteiger partial charge >= 0.3 is 0 Å². The van der Waals surface area contributed by atoms with Crippen LogP contribution in [0.2, 0.25) is 0 Å². The molecule has 0 heterocycles. The quantitative estimate of drug-likeness (QED) is 0.830. The van der Waals surface area contributed by atoms with E-state index in [4.69, 9.17) is 4.74 Å². The van der Waals surface area contributed by atoms with Crippen molar-refractivity contribution in [1.29, 1.82) is 0 Å². The van der Waals surface area contributed by atoms with Crippen LogP contribution >= 0.6 is 0 Å². The summed E-state index contributed by atoms with van der Waals surface area (Å²) < 4.78 is 30.2. The van der Waals surface area contributed by atoms with Crippen molar-refractivity contribution in [2.24, 2.45) is 0 Å². The molecule has 0 radical (unpaired) electrons. The van der Waals surface area contributed by atoms with Crippen molar-refractivity contribution in [2.75, 3.05) is 11.9 Å². The molecule has 2 nitrogen and oxygen atoms in total. The lowest BCUT2D eigenvalue weighted by atomic mass is 10.1. The molecule has 0 aliphatic rings. The van der Waals surface area contributed by atoms with Crippen molar-refractivity contribution in [3.63, 3.8) is 0 Å². The molecule has 0 saturated heterocycles. The average molecular weight is 277 g/mol. The van der Waals surface area contributed by atoms with E-state index >= 15 is 0 Å². The zero-order valence-electron chi connectivity index (χ0n) is 11.3. The molecule has 0 aliphatic heterocycles. The molecule has 2 aromatic carbocycles. The van der Waals surface area contributed by atoms with E-state index in [1.807, 2.05) is 31.2 Å². The summed E-state index contributed by atoms with van der Waals surface area (Å²) in [6.45, 7) is 3.18. The second kappa shape index (κ2) is 6.89. The summed E-state index contributed by atoms with van der Waals surface area (Å²) in [5, 5.41) is 3.24. The molecule has 0 bridgehead atoms. The van der Waals surface area contributed by atoms with E-state index in [1.54, 1.807) is 12.1 Å². The molecule has 2 aromatic rings. The highest BCUT2D eigenvalue weighted by Crippen LogP contribution is 2.20. The van der Waals surface area contributed by atoms with Crippen LogP contribution in [0.3, 0.4) is 0 Å². The predicted molar refractivity (Wildman–Crippen MR) is 76.3 cm³/mol. The molecule has 106 valence electrons. The van der Waals surface area contributed by atoms with Gasteiger partial charge < -0.3 is 10.1 Å². The fourth-order valence-corrected chi connectivity index (χ4v) is 1.82. The third kappa shape index (κ3) is 3.95. The Labute approximate surface area is 117 Å². The van der Waals surface area contributed by atoms with Gasteiger partial charge in [0.05, 0.1) is 6.61 Å². The molecule has 0 unspecified atom stereocenters. The van der Waals surface area contributed by atoms with Gasteiger partial charge in [-0.05, 0) is 36.8 Å². The van der Waals surface area contributed by atoms with Crippen molar-refractivity contribution < 1.29 is 13.5 Å². The number of rotatable bonds is 6. The number of hydrogen-bond donors (Lipinski definition) is 1. The van der Waals surface area contributed by atoms with Gasteiger partial charge in [-0.15, -0.1) is 0 Å². The number of nitrogens with one attached hydrogen (secondary N) is 1. The Bertz CT molecular complexity index is 523. The Balaban J connectivity index is 1.91. The lowest BCUT2D eigenvalue weighted by Crippen LogP contribution is -1.99. The van der Waals surface area contributed by atoms with E-state index < -0.39 is 6.43 Å². The zero-order chi connectivity index (χ0) is 14.4. The van der Waals surface area contributed by atoms with Crippen molar-refractivity contribution in [3.05, 3.63) is 59.7 Å². The first kappa shape index (κ1) is 14.3. The van der Waals surface area contributed by atoms with Crippen molar-refractivity contribution >= 4 is 5.69 Å². The van der Waals surface area contributed by atoms with Gasteiger partial charge in [0, 0.05) is 17.8 Å². The first-order chi connectivity index (χ1) is 9.69. The molecule has 1 N–H and O–H groups in total. The fraction of sp³-hybridized carbons (Fsp3) is 0.250. The summed E-state index contributed by atoms with van der Waals surface area (Å²) in [4.78, 5) is 0. The maximum absolute atomic E-state index is 12.4. The van der Waals surface area contributed by atoms with Crippen molar-refractivity contribution in [3.8, 4) is 5.75 Å². The Morgan fingerprint density at radius 2 is 1.65 bits per heavy atom. The molecular formula is C16H17F2NO. The van der Waals surface area contributed by atoms with Crippen LogP contribution in [0.1, 0.15) is 24.5 Å². The Morgan fingerprint density at radius 3 is 2.20 bits per heavy atom. The molecular weight excluding hydrogens is 260 g/mol. The summed E-state index contributed by atoms with van der Waals surface area (Å²) in [6.07, 6.45) is -2.41. The lowest BCUT2D eigenvalue weighted by molar-refractivity contribution is 0.151.